The van der Waals surface area contributed by atoms with Gasteiger partial charge in [0.05, 0.1) is 16.8 Å². The molecule has 0 radical (unpaired) electrons. The minimum absolute atomic E-state index is 0.139. The van der Waals surface area contributed by atoms with Crippen molar-refractivity contribution in [3.05, 3.63) is 46.3 Å². The second-order valence-electron chi connectivity index (χ2n) is 4.78. The molecule has 2 N–H and O–H groups in total. The molecule has 0 aliphatic heterocycles. The van der Waals surface area contributed by atoms with E-state index >= 15 is 0 Å². The van der Waals surface area contributed by atoms with Crippen molar-refractivity contribution < 1.29 is 14.0 Å². The van der Waals surface area contributed by atoms with E-state index in [1.54, 1.807) is 6.07 Å². The lowest BCUT2D eigenvalue weighted by Crippen LogP contribution is -2.32. The Hall–Kier alpha value is -2.19. The molecular weight excluding hydrogens is 382 g/mol. The minimum atomic E-state index is -0.453. The van der Waals surface area contributed by atoms with Crippen LogP contribution >= 0.6 is 27.3 Å². The van der Waals surface area contributed by atoms with E-state index in [0.717, 1.165) is 15.8 Å². The number of hydrogen-bond donors (Lipinski definition) is 2. The van der Waals surface area contributed by atoms with Gasteiger partial charge in [-0.05, 0) is 46.6 Å². The van der Waals surface area contributed by atoms with Crippen LogP contribution in [0.5, 0.6) is 0 Å². The third kappa shape index (κ3) is 3.59. The number of nitrogens with one attached hydrogen (secondary N) is 2. The first kappa shape index (κ1) is 15.7. The fraction of sp³-hybridized carbons (Fsp3) is 0.133. The summed E-state index contributed by atoms with van der Waals surface area (Å²) in [6.45, 7) is 1.81. The summed E-state index contributed by atoms with van der Waals surface area (Å²) in [5.74, 6) is -0.660. The molecule has 6 nitrogen and oxygen atoms in total. The lowest BCUT2D eigenvalue weighted by atomic mass is 10.2. The summed E-state index contributed by atoms with van der Waals surface area (Å²) in [6, 6.07) is 9.00. The van der Waals surface area contributed by atoms with Crippen LogP contribution in [0.15, 0.2) is 39.4 Å². The van der Waals surface area contributed by atoms with Gasteiger partial charge in [0.25, 0.3) is 5.91 Å². The molecule has 2 aromatic heterocycles. The number of carbonyl (C=O) groups excluding carboxylic acids is 2. The zero-order chi connectivity index (χ0) is 16.4. The molecule has 2 heterocycles. The predicted octanol–water partition coefficient (Wildman–Crippen LogP) is 3.33. The van der Waals surface area contributed by atoms with Gasteiger partial charge in [0.1, 0.15) is 0 Å². The maximum Gasteiger partial charge on any atom is 0.287 e. The summed E-state index contributed by atoms with van der Waals surface area (Å²) in [4.78, 5) is 28.1. The van der Waals surface area contributed by atoms with E-state index in [4.69, 9.17) is 4.42 Å². The topological polar surface area (TPSA) is 84.2 Å². The number of nitrogens with zero attached hydrogens (tertiary/aromatic N) is 1. The molecule has 0 fully saturated rings. The first-order chi connectivity index (χ1) is 11.0. The van der Waals surface area contributed by atoms with Gasteiger partial charge in [-0.2, -0.15) is 0 Å². The van der Waals surface area contributed by atoms with E-state index < -0.39 is 5.91 Å². The van der Waals surface area contributed by atoms with Crippen LogP contribution in [0, 0.1) is 6.92 Å². The summed E-state index contributed by atoms with van der Waals surface area (Å²) in [7, 11) is 0. The monoisotopic (exact) mass is 393 g/mol. The lowest BCUT2D eigenvalue weighted by molar-refractivity contribution is -0.115. The second kappa shape index (κ2) is 6.51. The Kier molecular flexibility index (Phi) is 4.44. The quantitative estimate of drug-likeness (QED) is 0.711. The third-order valence-corrected chi connectivity index (χ3v) is 4.44. The van der Waals surface area contributed by atoms with E-state index in [1.807, 2.05) is 25.1 Å². The maximum atomic E-state index is 11.9. The van der Waals surface area contributed by atoms with Crippen molar-refractivity contribution in [2.45, 2.75) is 6.92 Å². The van der Waals surface area contributed by atoms with Gasteiger partial charge in [0.15, 0.2) is 15.6 Å². The molecule has 0 saturated heterocycles. The highest BCUT2D eigenvalue weighted by atomic mass is 79.9. The first-order valence-electron chi connectivity index (χ1n) is 6.72. The van der Waals surface area contributed by atoms with E-state index in [-0.39, 0.29) is 18.2 Å². The van der Waals surface area contributed by atoms with Gasteiger partial charge in [-0.15, -0.1) is 0 Å². The Morgan fingerprint density at radius 3 is 2.83 bits per heavy atom. The Morgan fingerprint density at radius 1 is 1.30 bits per heavy atom. The first-order valence-corrected chi connectivity index (χ1v) is 8.33. The largest absolute Gasteiger partial charge is 0.444 e. The Labute approximate surface area is 144 Å². The third-order valence-electron chi connectivity index (χ3n) is 3.07. The zero-order valence-electron chi connectivity index (χ0n) is 12.1. The number of aromatic nitrogens is 1. The van der Waals surface area contributed by atoms with Crippen molar-refractivity contribution in [1.29, 1.82) is 0 Å². The second-order valence-corrected chi connectivity index (χ2v) is 6.59. The molecule has 0 aliphatic rings. The molecule has 3 rings (SSSR count). The molecule has 2 amide bonds. The highest BCUT2D eigenvalue weighted by Crippen LogP contribution is 2.27. The van der Waals surface area contributed by atoms with E-state index in [1.165, 1.54) is 17.4 Å². The van der Waals surface area contributed by atoms with Gasteiger partial charge in [0, 0.05) is 0 Å². The molecule has 0 atom stereocenters. The summed E-state index contributed by atoms with van der Waals surface area (Å²) >= 11 is 4.51. The average Bonchev–Trinajstić information content (AvgIpc) is 3.11. The van der Waals surface area contributed by atoms with Gasteiger partial charge in [-0.1, -0.05) is 23.5 Å². The maximum absolute atomic E-state index is 11.9. The number of rotatable bonds is 4. The molecule has 0 spiro atoms. The number of furan rings is 1. The zero-order valence-corrected chi connectivity index (χ0v) is 14.5. The van der Waals surface area contributed by atoms with Crippen molar-refractivity contribution in [1.82, 2.24) is 10.3 Å². The number of benzene rings is 1. The minimum Gasteiger partial charge on any atom is -0.444 e. The number of amides is 2. The molecule has 0 aliphatic carbocycles. The number of hydrogen-bond acceptors (Lipinski definition) is 5. The number of anilines is 1. The van der Waals surface area contributed by atoms with Crippen LogP contribution < -0.4 is 10.6 Å². The molecule has 0 saturated carbocycles. The SMILES string of the molecule is Cc1cccc2sc(NC(=O)CNC(=O)c3ccc(Br)o3)nc12. The van der Waals surface area contributed by atoms with Crippen LogP contribution in [0.3, 0.4) is 0 Å². The molecule has 1 aromatic carbocycles. The number of thiazole rings is 1. The summed E-state index contributed by atoms with van der Waals surface area (Å²) in [6.07, 6.45) is 0. The van der Waals surface area contributed by atoms with Crippen LogP contribution in [0.4, 0.5) is 5.13 Å². The fourth-order valence-electron chi connectivity index (χ4n) is 1.99. The highest BCUT2D eigenvalue weighted by molar-refractivity contribution is 9.10. The molecule has 8 heteroatoms. The Bertz CT molecular complexity index is 887. The van der Waals surface area contributed by atoms with E-state index in [2.05, 4.69) is 31.5 Å². The van der Waals surface area contributed by atoms with Crippen molar-refractivity contribution >= 4 is 54.4 Å². The predicted molar refractivity (Wildman–Crippen MR) is 91.7 cm³/mol. The number of halogens is 1. The van der Waals surface area contributed by atoms with Crippen LogP contribution in [-0.4, -0.2) is 23.3 Å². The Balaban J connectivity index is 1.60. The van der Waals surface area contributed by atoms with Gasteiger partial charge in [-0.3, -0.25) is 9.59 Å². The van der Waals surface area contributed by atoms with Crippen molar-refractivity contribution in [2.24, 2.45) is 0 Å². The number of para-hydroxylation sites is 1. The molecule has 0 bridgehead atoms. The van der Waals surface area contributed by atoms with E-state index in [0.29, 0.717) is 9.80 Å². The number of carbonyl (C=O) groups is 2. The number of fused-ring (bicyclic) bond motifs is 1. The van der Waals surface area contributed by atoms with Crippen molar-refractivity contribution in [2.75, 3.05) is 11.9 Å². The Morgan fingerprint density at radius 2 is 2.13 bits per heavy atom. The molecule has 3 aromatic rings. The van der Waals surface area contributed by atoms with Gasteiger partial charge in [0.2, 0.25) is 5.91 Å². The summed E-state index contributed by atoms with van der Waals surface area (Å²) < 4.78 is 6.57. The smallest absolute Gasteiger partial charge is 0.287 e. The molecular formula is C15H12BrN3O3S. The van der Waals surface area contributed by atoms with Crippen molar-refractivity contribution in [3.63, 3.8) is 0 Å². The van der Waals surface area contributed by atoms with Crippen LogP contribution in [0.2, 0.25) is 0 Å². The van der Waals surface area contributed by atoms with Crippen LogP contribution in [0.1, 0.15) is 16.1 Å². The fourth-order valence-corrected chi connectivity index (χ4v) is 3.25. The van der Waals surface area contributed by atoms with Gasteiger partial charge < -0.3 is 15.1 Å². The summed E-state index contributed by atoms with van der Waals surface area (Å²) in [5, 5.41) is 5.68. The number of aryl methyl sites for hydroxylation is 1. The molecule has 0 unspecified atom stereocenters. The molecule has 23 heavy (non-hydrogen) atoms. The van der Waals surface area contributed by atoms with Crippen molar-refractivity contribution in [3.8, 4) is 0 Å². The highest BCUT2D eigenvalue weighted by Gasteiger charge is 2.13. The average molecular weight is 394 g/mol. The van der Waals surface area contributed by atoms with Crippen LogP contribution in [0.25, 0.3) is 10.2 Å². The summed E-state index contributed by atoms with van der Waals surface area (Å²) in [5.41, 5.74) is 1.92. The molecule has 118 valence electrons. The van der Waals surface area contributed by atoms with Gasteiger partial charge in [-0.25, -0.2) is 4.98 Å². The normalized spacial score (nSPS) is 10.7. The standard InChI is InChI=1S/C15H12BrN3O3S/c1-8-3-2-4-10-13(8)19-15(23-10)18-12(20)7-17-14(21)9-5-6-11(16)22-9/h2-6H,7H2,1H3,(H,17,21)(H,18,19,20). The van der Waals surface area contributed by atoms with E-state index in [9.17, 15) is 9.59 Å². The van der Waals surface area contributed by atoms with Crippen LogP contribution in [-0.2, 0) is 4.79 Å². The lowest BCUT2D eigenvalue weighted by Gasteiger charge is -2.03. The van der Waals surface area contributed by atoms with Gasteiger partial charge >= 0.3 is 0 Å².